The minimum absolute atomic E-state index is 0.173. The van der Waals surface area contributed by atoms with E-state index in [1.165, 1.54) is 33.5 Å². The number of methoxy groups -OCH3 is 3. The van der Waals surface area contributed by atoms with Crippen molar-refractivity contribution in [2.45, 2.75) is 32.2 Å². The lowest BCUT2D eigenvalue weighted by atomic mass is 10.0. The second-order valence-corrected chi connectivity index (χ2v) is 5.92. The molecule has 25 heavy (non-hydrogen) atoms. The van der Waals surface area contributed by atoms with Crippen molar-refractivity contribution in [1.82, 2.24) is 4.90 Å². The fourth-order valence-corrected chi connectivity index (χ4v) is 2.96. The van der Waals surface area contributed by atoms with Crippen LogP contribution in [0.3, 0.4) is 0 Å². The van der Waals surface area contributed by atoms with Gasteiger partial charge in [0.25, 0.3) is 5.91 Å². The zero-order valence-electron chi connectivity index (χ0n) is 15.2. The van der Waals surface area contributed by atoms with E-state index in [1.54, 1.807) is 4.90 Å². The molecule has 1 atom stereocenters. The van der Waals surface area contributed by atoms with Crippen molar-refractivity contribution >= 4 is 11.9 Å². The Morgan fingerprint density at radius 3 is 2.24 bits per heavy atom. The van der Waals surface area contributed by atoms with Crippen LogP contribution in [-0.2, 0) is 9.53 Å². The third-order valence-electron chi connectivity index (χ3n) is 4.35. The molecule has 1 amide bonds. The van der Waals surface area contributed by atoms with Crippen molar-refractivity contribution in [3.05, 3.63) is 17.7 Å². The average Bonchev–Trinajstić information content (AvgIpc) is 2.64. The van der Waals surface area contributed by atoms with Crippen LogP contribution >= 0.6 is 0 Å². The molecular weight excluding hydrogens is 326 g/mol. The van der Waals surface area contributed by atoms with Crippen LogP contribution in [0.2, 0.25) is 0 Å². The first-order valence-electron chi connectivity index (χ1n) is 8.28. The van der Waals surface area contributed by atoms with Gasteiger partial charge in [-0.1, -0.05) is 0 Å². The summed E-state index contributed by atoms with van der Waals surface area (Å²) in [6.07, 6.45) is 3.08. The van der Waals surface area contributed by atoms with Gasteiger partial charge in [-0.25, -0.2) is 4.79 Å². The molecule has 0 saturated carbocycles. The molecule has 7 nitrogen and oxygen atoms in total. The summed E-state index contributed by atoms with van der Waals surface area (Å²) in [5.41, 5.74) is 0.231. The second-order valence-electron chi connectivity index (χ2n) is 5.92. The van der Waals surface area contributed by atoms with Gasteiger partial charge in [-0.2, -0.15) is 0 Å². The number of likely N-dealkylation sites (tertiary alicyclic amines) is 1. The zero-order valence-corrected chi connectivity index (χ0v) is 15.2. The van der Waals surface area contributed by atoms with Gasteiger partial charge in [0, 0.05) is 12.6 Å². The van der Waals surface area contributed by atoms with E-state index in [1.807, 2.05) is 6.92 Å². The van der Waals surface area contributed by atoms with E-state index < -0.39 is 5.97 Å². The highest BCUT2D eigenvalue weighted by Crippen LogP contribution is 2.38. The zero-order chi connectivity index (χ0) is 18.4. The minimum atomic E-state index is -0.614. The molecule has 0 unspecified atom stereocenters. The summed E-state index contributed by atoms with van der Waals surface area (Å²) in [6.45, 7) is 2.44. The Morgan fingerprint density at radius 1 is 1.08 bits per heavy atom. The van der Waals surface area contributed by atoms with E-state index in [2.05, 4.69) is 0 Å². The van der Waals surface area contributed by atoms with Crippen LogP contribution in [0.25, 0.3) is 0 Å². The van der Waals surface area contributed by atoms with Gasteiger partial charge < -0.3 is 23.8 Å². The molecule has 0 spiro atoms. The molecule has 1 saturated heterocycles. The number of ether oxygens (including phenoxy) is 4. The predicted molar refractivity (Wildman–Crippen MR) is 91.4 cm³/mol. The van der Waals surface area contributed by atoms with Gasteiger partial charge in [0.1, 0.15) is 0 Å². The molecule has 1 aliphatic rings. The Morgan fingerprint density at radius 2 is 1.72 bits per heavy atom. The molecule has 2 rings (SSSR count). The quantitative estimate of drug-likeness (QED) is 0.732. The van der Waals surface area contributed by atoms with Crippen LogP contribution in [0.4, 0.5) is 0 Å². The van der Waals surface area contributed by atoms with Crippen LogP contribution in [0.5, 0.6) is 17.2 Å². The Labute approximate surface area is 147 Å². The number of rotatable bonds is 6. The van der Waals surface area contributed by atoms with Gasteiger partial charge >= 0.3 is 5.97 Å². The highest BCUT2D eigenvalue weighted by molar-refractivity contribution is 5.92. The van der Waals surface area contributed by atoms with Gasteiger partial charge in [-0.05, 0) is 38.3 Å². The largest absolute Gasteiger partial charge is 0.493 e. The molecule has 7 heteroatoms. The second kappa shape index (κ2) is 8.60. The van der Waals surface area contributed by atoms with Gasteiger partial charge in [-0.15, -0.1) is 0 Å². The highest BCUT2D eigenvalue weighted by atomic mass is 16.5. The first kappa shape index (κ1) is 18.9. The lowest BCUT2D eigenvalue weighted by molar-refractivity contribution is -0.137. The number of hydrogen-bond donors (Lipinski definition) is 0. The van der Waals surface area contributed by atoms with Gasteiger partial charge in [-0.3, -0.25) is 4.79 Å². The smallest absolute Gasteiger partial charge is 0.338 e. The Bertz CT molecular complexity index is 605. The van der Waals surface area contributed by atoms with Crippen molar-refractivity contribution in [2.75, 3.05) is 34.5 Å². The number of carbonyl (C=O) groups is 2. The Kier molecular flexibility index (Phi) is 6.50. The molecule has 0 radical (unpaired) electrons. The van der Waals surface area contributed by atoms with Crippen LogP contribution in [0.1, 0.15) is 36.5 Å². The Balaban J connectivity index is 2.06. The number of amides is 1. The van der Waals surface area contributed by atoms with E-state index >= 15 is 0 Å². The van der Waals surface area contributed by atoms with E-state index in [4.69, 9.17) is 18.9 Å². The number of nitrogens with zero attached hydrogens (tertiary/aromatic N) is 1. The molecule has 0 aromatic heterocycles. The van der Waals surface area contributed by atoms with Crippen molar-refractivity contribution in [3.63, 3.8) is 0 Å². The summed E-state index contributed by atoms with van der Waals surface area (Å²) >= 11 is 0. The molecule has 0 N–H and O–H groups in total. The maximum absolute atomic E-state index is 12.3. The first-order chi connectivity index (χ1) is 12.0. The van der Waals surface area contributed by atoms with Crippen molar-refractivity contribution in [2.24, 2.45) is 0 Å². The maximum atomic E-state index is 12.3. The molecule has 138 valence electrons. The number of hydrogen-bond acceptors (Lipinski definition) is 6. The summed E-state index contributed by atoms with van der Waals surface area (Å²) in [5, 5.41) is 0. The lowest BCUT2D eigenvalue weighted by Gasteiger charge is -2.33. The number of piperidine rings is 1. The fourth-order valence-electron chi connectivity index (χ4n) is 2.96. The Hall–Kier alpha value is -2.44. The molecule has 0 aliphatic carbocycles. The summed E-state index contributed by atoms with van der Waals surface area (Å²) < 4.78 is 20.8. The summed E-state index contributed by atoms with van der Waals surface area (Å²) in [5.74, 6) is 0.305. The van der Waals surface area contributed by atoms with E-state index in [-0.39, 0.29) is 24.1 Å². The van der Waals surface area contributed by atoms with Crippen molar-refractivity contribution < 1.29 is 28.5 Å². The summed E-state index contributed by atoms with van der Waals surface area (Å²) in [4.78, 5) is 26.3. The lowest BCUT2D eigenvalue weighted by Crippen LogP contribution is -2.44. The van der Waals surface area contributed by atoms with Gasteiger partial charge in [0.15, 0.2) is 18.1 Å². The van der Waals surface area contributed by atoms with Gasteiger partial charge in [0.2, 0.25) is 5.75 Å². The molecule has 1 aromatic carbocycles. The third kappa shape index (κ3) is 4.35. The van der Waals surface area contributed by atoms with E-state index in [0.29, 0.717) is 23.8 Å². The third-order valence-corrected chi connectivity index (χ3v) is 4.35. The summed E-state index contributed by atoms with van der Waals surface area (Å²) in [6, 6.07) is 3.18. The number of benzene rings is 1. The van der Waals surface area contributed by atoms with Crippen LogP contribution < -0.4 is 14.2 Å². The molecule has 1 aromatic rings. The van der Waals surface area contributed by atoms with Crippen LogP contribution in [-0.4, -0.2) is 57.3 Å². The maximum Gasteiger partial charge on any atom is 0.338 e. The molecular formula is C18H25NO6. The van der Waals surface area contributed by atoms with Crippen LogP contribution in [0.15, 0.2) is 12.1 Å². The SMILES string of the molecule is COc1cc(C(=O)OCC(=O)N2CCCC[C@@H]2C)cc(OC)c1OC. The minimum Gasteiger partial charge on any atom is -0.493 e. The molecule has 1 aliphatic heterocycles. The monoisotopic (exact) mass is 351 g/mol. The fraction of sp³-hybridized carbons (Fsp3) is 0.556. The summed E-state index contributed by atoms with van der Waals surface area (Å²) in [7, 11) is 4.41. The van der Waals surface area contributed by atoms with Crippen molar-refractivity contribution in [3.8, 4) is 17.2 Å². The first-order valence-corrected chi connectivity index (χ1v) is 8.28. The average molecular weight is 351 g/mol. The number of carbonyl (C=O) groups excluding carboxylic acids is 2. The van der Waals surface area contributed by atoms with E-state index in [9.17, 15) is 9.59 Å². The highest BCUT2D eigenvalue weighted by Gasteiger charge is 2.25. The van der Waals surface area contributed by atoms with Crippen molar-refractivity contribution in [1.29, 1.82) is 0 Å². The predicted octanol–water partition coefficient (Wildman–Crippen LogP) is 2.27. The molecule has 0 bridgehead atoms. The standard InChI is InChI=1S/C18H25NO6/c1-12-7-5-6-8-19(12)16(20)11-25-18(21)13-9-14(22-2)17(24-4)15(10-13)23-3/h9-10,12H,5-8,11H2,1-4H3/t12-/m0/s1. The normalized spacial score (nSPS) is 17.0. The van der Waals surface area contributed by atoms with Gasteiger partial charge in [0.05, 0.1) is 26.9 Å². The van der Waals surface area contributed by atoms with Crippen LogP contribution in [0, 0.1) is 0 Å². The van der Waals surface area contributed by atoms with E-state index in [0.717, 1.165) is 19.3 Å². The number of esters is 1. The molecule has 1 heterocycles. The molecule has 1 fully saturated rings. The topological polar surface area (TPSA) is 74.3 Å².